The average Bonchev–Trinajstić information content (AvgIpc) is 3.52. The van der Waals surface area contributed by atoms with E-state index in [0.717, 1.165) is 48.0 Å². The number of ketones is 1. The summed E-state index contributed by atoms with van der Waals surface area (Å²) >= 11 is 0. The van der Waals surface area contributed by atoms with E-state index in [-0.39, 0.29) is 72.7 Å². The Morgan fingerprint density at radius 1 is 1.02 bits per heavy atom. The molecule has 1 saturated heterocycles. The highest BCUT2D eigenvalue weighted by molar-refractivity contribution is 6.01. The highest BCUT2D eigenvalue weighted by atomic mass is 35.5. The monoisotopic (exact) mass is 882 g/mol. The van der Waals surface area contributed by atoms with Crippen molar-refractivity contribution >= 4 is 35.9 Å². The van der Waals surface area contributed by atoms with Gasteiger partial charge in [0.15, 0.2) is 23.4 Å². The van der Waals surface area contributed by atoms with Crippen molar-refractivity contribution < 1.29 is 64.9 Å². The number of quaternary nitrogens is 1. The van der Waals surface area contributed by atoms with E-state index >= 15 is 0 Å². The number of benzene rings is 2. The summed E-state index contributed by atoms with van der Waals surface area (Å²) in [5.41, 5.74) is 1.48. The number of ether oxygens (including phenoxy) is 4. The summed E-state index contributed by atoms with van der Waals surface area (Å²) < 4.78 is 23.3. The van der Waals surface area contributed by atoms with Gasteiger partial charge in [-0.25, -0.2) is 14.4 Å². The van der Waals surface area contributed by atoms with Crippen LogP contribution >= 0.6 is 0 Å². The first-order chi connectivity index (χ1) is 28.6. The first kappa shape index (κ1) is 48.0. The molecule has 17 heteroatoms. The van der Waals surface area contributed by atoms with Gasteiger partial charge in [0.05, 0.1) is 25.0 Å². The number of halogens is 1. The van der Waals surface area contributed by atoms with Crippen LogP contribution in [0.2, 0.25) is 0 Å². The Morgan fingerprint density at radius 2 is 1.66 bits per heavy atom. The van der Waals surface area contributed by atoms with Crippen molar-refractivity contribution in [1.29, 1.82) is 0 Å². The minimum absolute atomic E-state index is 0. The van der Waals surface area contributed by atoms with E-state index in [1.165, 1.54) is 10.5 Å². The summed E-state index contributed by atoms with van der Waals surface area (Å²) in [5.74, 6) is 0.802. The first-order valence-corrected chi connectivity index (χ1v) is 21.3. The van der Waals surface area contributed by atoms with E-state index in [4.69, 9.17) is 18.9 Å². The van der Waals surface area contributed by atoms with Crippen LogP contribution in [0.15, 0.2) is 41.4 Å². The maximum Gasteiger partial charge on any atom is 0.415 e. The Bertz CT molecular complexity index is 2020. The number of amides is 4. The number of alkyl carbamates (subject to hydrolysis) is 2. The smallest absolute Gasteiger partial charge is 0.415 e. The number of guanidine groups is 1. The Kier molecular flexibility index (Phi) is 14.5. The zero-order valence-electron chi connectivity index (χ0n) is 37.4. The second-order valence-corrected chi connectivity index (χ2v) is 19.2. The molecular weight excluding hydrogens is 820 g/mol. The summed E-state index contributed by atoms with van der Waals surface area (Å²) in [7, 11) is 3.92. The molecule has 2 aliphatic carbocycles. The molecule has 4 N–H and O–H groups in total. The predicted octanol–water partition coefficient (Wildman–Crippen LogP) is 2.72. The molecule has 1 saturated carbocycles. The third-order valence-electron chi connectivity index (χ3n) is 12.3. The molecule has 6 atom stereocenters. The molecule has 6 rings (SSSR count). The van der Waals surface area contributed by atoms with Crippen molar-refractivity contribution in [2.75, 3.05) is 40.3 Å². The van der Waals surface area contributed by atoms with Gasteiger partial charge in [0, 0.05) is 68.9 Å². The van der Waals surface area contributed by atoms with Gasteiger partial charge in [0.25, 0.3) is 0 Å². The van der Waals surface area contributed by atoms with Gasteiger partial charge in [-0.3, -0.25) is 25.2 Å². The first-order valence-electron chi connectivity index (χ1n) is 21.3. The molecule has 2 aromatic rings. The highest BCUT2D eigenvalue weighted by Crippen LogP contribution is 2.64. The Hall–Kier alpha value is -5.09. The minimum atomic E-state index is -0.787. The molecular formula is C45H63ClN6O10. The second kappa shape index (κ2) is 18.7. The predicted molar refractivity (Wildman–Crippen MR) is 226 cm³/mol. The number of aliphatic imine (C=N–C) groups is 1. The van der Waals surface area contributed by atoms with Crippen LogP contribution in [0, 0.1) is 11.8 Å². The summed E-state index contributed by atoms with van der Waals surface area (Å²) in [4.78, 5) is 69.3. The lowest BCUT2D eigenvalue weighted by Crippen LogP contribution is -3.00. The van der Waals surface area contributed by atoms with Crippen molar-refractivity contribution in [3.05, 3.63) is 53.1 Å². The fourth-order valence-corrected chi connectivity index (χ4v) is 9.49. The number of likely N-dealkylation sites (tertiary alicyclic amines) is 1. The van der Waals surface area contributed by atoms with Gasteiger partial charge in [0.2, 0.25) is 11.9 Å². The fourth-order valence-electron chi connectivity index (χ4n) is 9.49. The number of hydrogen-bond donors (Lipinski definition) is 4. The van der Waals surface area contributed by atoms with Gasteiger partial charge < -0.3 is 51.2 Å². The topological polar surface area (TPSA) is 194 Å². The molecule has 2 aliphatic heterocycles. The molecule has 62 heavy (non-hydrogen) atoms. The lowest BCUT2D eigenvalue weighted by Gasteiger charge is -2.60. The summed E-state index contributed by atoms with van der Waals surface area (Å²) in [6.07, 6.45) is 1.31. The van der Waals surface area contributed by atoms with Crippen LogP contribution in [0.25, 0.3) is 0 Å². The van der Waals surface area contributed by atoms with Crippen molar-refractivity contribution in [2.24, 2.45) is 16.8 Å². The number of hydrogen-bond acceptors (Lipinski definition) is 11. The van der Waals surface area contributed by atoms with E-state index in [0.29, 0.717) is 36.8 Å². The van der Waals surface area contributed by atoms with Crippen LogP contribution in [0.5, 0.6) is 17.2 Å². The molecule has 2 fully saturated rings. The zero-order chi connectivity index (χ0) is 44.5. The molecule has 4 aliphatic rings. The molecule has 2 heterocycles. The maximum atomic E-state index is 13.2. The minimum Gasteiger partial charge on any atom is -1.00 e. The van der Waals surface area contributed by atoms with E-state index in [1.807, 2.05) is 30.3 Å². The van der Waals surface area contributed by atoms with Crippen LogP contribution in [-0.2, 0) is 37.4 Å². The van der Waals surface area contributed by atoms with E-state index < -0.39 is 35.6 Å². The van der Waals surface area contributed by atoms with Crippen LogP contribution in [0.4, 0.5) is 14.4 Å². The molecule has 2 aromatic carbocycles. The normalized spacial score (nSPS) is 23.6. The van der Waals surface area contributed by atoms with Gasteiger partial charge >= 0.3 is 18.3 Å². The molecule has 4 amide bonds. The molecule has 0 radical (unpaired) electrons. The lowest BCUT2D eigenvalue weighted by atomic mass is 9.51. The molecule has 0 unspecified atom stereocenters. The number of nitrogens with zero attached hydrogens (tertiary/aromatic N) is 3. The largest absolute Gasteiger partial charge is 1.00 e. The van der Waals surface area contributed by atoms with Gasteiger partial charge in [-0.05, 0) is 96.7 Å². The number of likely N-dealkylation sites (N-methyl/N-ethyl adjacent to an activating group) is 2. The lowest BCUT2D eigenvalue weighted by molar-refractivity contribution is -0.957. The average molecular weight is 883 g/mol. The molecule has 0 aromatic heterocycles. The van der Waals surface area contributed by atoms with Gasteiger partial charge in [-0.2, -0.15) is 0 Å². The maximum absolute atomic E-state index is 13.2. The highest BCUT2D eigenvalue weighted by Gasteiger charge is 2.69. The van der Waals surface area contributed by atoms with Crippen molar-refractivity contribution in [3.63, 3.8) is 0 Å². The van der Waals surface area contributed by atoms with E-state index in [9.17, 15) is 29.1 Å². The quantitative estimate of drug-likeness (QED) is 0.113. The van der Waals surface area contributed by atoms with Crippen molar-refractivity contribution in [2.45, 2.75) is 122 Å². The number of piperidine rings is 1. The number of rotatable bonds is 11. The second-order valence-electron chi connectivity index (χ2n) is 19.2. The van der Waals surface area contributed by atoms with Crippen molar-refractivity contribution in [3.8, 4) is 17.2 Å². The SMILES string of the molecule is C[C@@H](CCCN=C(NC(=O)OC(C)(C)C)NC(=O)OC(C)(C)C)C(=O)NCCN(C)C(=O)Oc1ccc(C[N@@+]2(C)CC[C@]34c5c6ccc(O)c5O[C@H]3C(=O)CC[C@H]4[C@H]2C6)cc1.[Cl-]. The van der Waals surface area contributed by atoms with E-state index in [2.05, 4.69) is 28.0 Å². The number of carbonyl (C=O) groups excluding carboxylic acids is 5. The molecule has 340 valence electrons. The van der Waals surface area contributed by atoms with E-state index in [1.54, 1.807) is 61.6 Å². The van der Waals surface area contributed by atoms with Crippen LogP contribution < -0.4 is 37.8 Å². The number of phenolic OH excluding ortho intramolecular Hbond substituents is 1. The fraction of sp³-hybridized carbons (Fsp3) is 0.600. The Balaban J connectivity index is 0.00000726. The summed E-state index contributed by atoms with van der Waals surface area (Å²) in [5, 5.41) is 18.4. The molecule has 2 bridgehead atoms. The van der Waals surface area contributed by atoms with Crippen LogP contribution in [-0.4, -0.2) is 114 Å². The number of nitrogens with one attached hydrogen (secondary N) is 3. The summed E-state index contributed by atoms with van der Waals surface area (Å²) in [6, 6.07) is 11.6. The molecule has 1 spiro atoms. The van der Waals surface area contributed by atoms with Crippen molar-refractivity contribution in [1.82, 2.24) is 20.9 Å². The van der Waals surface area contributed by atoms with Crippen LogP contribution in [0.1, 0.15) is 97.3 Å². The Labute approximate surface area is 370 Å². The number of Topliss-reactive ketones (excluding diaryl/α,β-unsaturated/α-hetero) is 1. The summed E-state index contributed by atoms with van der Waals surface area (Å²) in [6.45, 7) is 14.4. The number of carbonyl (C=O) groups is 5. The number of phenols is 1. The number of aromatic hydroxyl groups is 1. The third kappa shape index (κ3) is 10.7. The van der Waals surface area contributed by atoms with Crippen LogP contribution in [0.3, 0.4) is 0 Å². The van der Waals surface area contributed by atoms with Gasteiger partial charge in [-0.15, -0.1) is 0 Å². The standard InChI is InChI=1S/C45H62N6O10.ClH/c1-27(11-10-21-47-39(48-40(55)60-43(2,3)4)49-41(56)61-44(5,6)7)38(54)46-22-23-50(8)42(57)58-30-15-12-28(13-16-30)26-51(9)24-20-45-31-17-19-34(53)37(45)59-36-33(52)18-14-29(35(36)45)25-32(31)51;/h12-16,18,27,31-32,37H,10-11,17,19-26H2,1-9H3,(H3-,46,47,48,49,52,54,55,56);1H/t27-,31-,32+,37-,45-,51+;/m0./s1. The zero-order valence-corrected chi connectivity index (χ0v) is 38.1. The van der Waals surface area contributed by atoms with Gasteiger partial charge in [0.1, 0.15) is 23.5 Å². The third-order valence-corrected chi connectivity index (χ3v) is 12.3. The Morgan fingerprint density at radius 3 is 2.29 bits per heavy atom. The molecule has 16 nitrogen and oxygen atoms in total. The van der Waals surface area contributed by atoms with Gasteiger partial charge in [-0.1, -0.05) is 13.0 Å².